The molecule has 5 heteroatoms. The van der Waals surface area contributed by atoms with Crippen molar-refractivity contribution in [2.24, 2.45) is 22.2 Å². The first kappa shape index (κ1) is 12.0. The summed E-state index contributed by atoms with van der Waals surface area (Å²) < 4.78 is 0. The van der Waals surface area contributed by atoms with E-state index < -0.39 is 5.41 Å². The van der Waals surface area contributed by atoms with Crippen molar-refractivity contribution >= 4 is 11.8 Å². The molecule has 0 amide bonds. The fourth-order valence-corrected chi connectivity index (χ4v) is 1.21. The number of nitrogens with zero attached hydrogens (tertiary/aromatic N) is 1. The molecule has 0 bridgehead atoms. The number of nitrogens with one attached hydrogen (secondary N) is 1. The van der Waals surface area contributed by atoms with Crippen molar-refractivity contribution in [3.05, 3.63) is 0 Å². The number of nitrogens with two attached hydrogens (primary N) is 1. The Kier molecular flexibility index (Phi) is 3.68. The lowest BCUT2D eigenvalue weighted by Crippen LogP contribution is -2.28. The van der Waals surface area contributed by atoms with Crippen molar-refractivity contribution in [3.8, 4) is 0 Å². The van der Waals surface area contributed by atoms with Gasteiger partial charge in [-0.1, -0.05) is 5.16 Å². The summed E-state index contributed by atoms with van der Waals surface area (Å²) in [7, 11) is 0. The largest absolute Gasteiger partial charge is 0.384 e. The van der Waals surface area contributed by atoms with Crippen molar-refractivity contribution in [2.75, 3.05) is 13.1 Å². The van der Waals surface area contributed by atoms with Gasteiger partial charge in [-0.05, 0) is 33.7 Å². The Morgan fingerprint density at radius 2 is 2.20 bits per heavy atom. The number of oxime groups is 1. The SMILES string of the molecule is CC(C)(C)C(=O)ON=C(N)C1CCNC1. The predicted octanol–water partition coefficient (Wildman–Crippen LogP) is 0.457. The molecule has 1 unspecified atom stereocenters. The summed E-state index contributed by atoms with van der Waals surface area (Å²) in [5.41, 5.74) is 5.16. The molecule has 0 aromatic heterocycles. The van der Waals surface area contributed by atoms with Crippen LogP contribution in [-0.2, 0) is 9.63 Å². The van der Waals surface area contributed by atoms with Crippen molar-refractivity contribution in [1.82, 2.24) is 5.32 Å². The van der Waals surface area contributed by atoms with Crippen LogP contribution >= 0.6 is 0 Å². The van der Waals surface area contributed by atoms with E-state index in [4.69, 9.17) is 10.6 Å². The second kappa shape index (κ2) is 4.61. The van der Waals surface area contributed by atoms with Gasteiger partial charge in [-0.2, -0.15) is 0 Å². The van der Waals surface area contributed by atoms with Gasteiger partial charge in [0.1, 0.15) is 5.84 Å². The molecular formula is C10H19N3O2. The lowest BCUT2D eigenvalue weighted by Gasteiger charge is -2.14. The van der Waals surface area contributed by atoms with Crippen LogP contribution in [0.25, 0.3) is 0 Å². The van der Waals surface area contributed by atoms with Gasteiger partial charge >= 0.3 is 5.97 Å². The normalized spacial score (nSPS) is 22.9. The van der Waals surface area contributed by atoms with Crippen LogP contribution < -0.4 is 11.1 Å². The number of amidine groups is 1. The minimum Gasteiger partial charge on any atom is -0.384 e. The van der Waals surface area contributed by atoms with Crippen LogP contribution in [0.15, 0.2) is 5.16 Å². The van der Waals surface area contributed by atoms with E-state index >= 15 is 0 Å². The second-order valence-corrected chi connectivity index (χ2v) is 4.83. The summed E-state index contributed by atoms with van der Waals surface area (Å²) in [5.74, 6) is 0.228. The van der Waals surface area contributed by atoms with Crippen molar-refractivity contribution in [3.63, 3.8) is 0 Å². The van der Waals surface area contributed by atoms with E-state index in [0.29, 0.717) is 5.84 Å². The molecule has 1 atom stereocenters. The third kappa shape index (κ3) is 3.51. The minimum absolute atomic E-state index is 0.192. The quantitative estimate of drug-likeness (QED) is 0.302. The Morgan fingerprint density at radius 1 is 1.53 bits per heavy atom. The summed E-state index contributed by atoms with van der Waals surface area (Å²) in [6.07, 6.45) is 0.947. The number of carbonyl (C=O) groups excluding carboxylic acids is 1. The molecule has 1 heterocycles. The van der Waals surface area contributed by atoms with E-state index in [1.807, 2.05) is 0 Å². The smallest absolute Gasteiger partial charge is 0.340 e. The minimum atomic E-state index is -0.544. The Bertz CT molecular complexity index is 262. The van der Waals surface area contributed by atoms with Gasteiger partial charge in [0, 0.05) is 12.5 Å². The number of carbonyl (C=O) groups is 1. The molecule has 15 heavy (non-hydrogen) atoms. The molecule has 1 aliphatic rings. The van der Waals surface area contributed by atoms with Crippen LogP contribution in [0, 0.1) is 11.3 Å². The van der Waals surface area contributed by atoms with Crippen LogP contribution in [0.5, 0.6) is 0 Å². The van der Waals surface area contributed by atoms with Gasteiger partial charge in [0.05, 0.1) is 5.41 Å². The van der Waals surface area contributed by atoms with Gasteiger partial charge in [-0.15, -0.1) is 0 Å². The molecule has 0 radical (unpaired) electrons. The van der Waals surface area contributed by atoms with E-state index in [-0.39, 0.29) is 11.9 Å². The van der Waals surface area contributed by atoms with Gasteiger partial charge in [0.15, 0.2) is 0 Å². The molecule has 1 rings (SSSR count). The Balaban J connectivity index is 2.46. The van der Waals surface area contributed by atoms with Crippen molar-refractivity contribution in [2.45, 2.75) is 27.2 Å². The zero-order valence-corrected chi connectivity index (χ0v) is 9.54. The molecule has 0 aliphatic carbocycles. The Morgan fingerprint density at radius 3 is 2.67 bits per heavy atom. The number of hydrogen-bond acceptors (Lipinski definition) is 4. The highest BCUT2D eigenvalue weighted by Gasteiger charge is 2.24. The molecular weight excluding hydrogens is 194 g/mol. The van der Waals surface area contributed by atoms with E-state index in [0.717, 1.165) is 19.5 Å². The Labute approximate surface area is 90.0 Å². The lowest BCUT2D eigenvalue weighted by molar-refractivity contribution is -0.153. The van der Waals surface area contributed by atoms with Crippen molar-refractivity contribution < 1.29 is 9.63 Å². The van der Waals surface area contributed by atoms with Gasteiger partial charge in [0.25, 0.3) is 0 Å². The molecule has 1 aliphatic heterocycles. The van der Waals surface area contributed by atoms with E-state index in [9.17, 15) is 4.79 Å². The maximum absolute atomic E-state index is 11.4. The second-order valence-electron chi connectivity index (χ2n) is 4.83. The van der Waals surface area contributed by atoms with Gasteiger partial charge < -0.3 is 15.9 Å². The lowest BCUT2D eigenvalue weighted by atomic mass is 9.98. The third-order valence-electron chi connectivity index (χ3n) is 2.32. The molecule has 1 fully saturated rings. The van der Waals surface area contributed by atoms with Crippen LogP contribution in [0.3, 0.4) is 0 Å². The molecule has 0 spiro atoms. The summed E-state index contributed by atoms with van der Waals surface area (Å²) in [6.45, 7) is 7.07. The fourth-order valence-electron chi connectivity index (χ4n) is 1.21. The zero-order chi connectivity index (χ0) is 11.5. The van der Waals surface area contributed by atoms with E-state index in [1.165, 1.54) is 0 Å². The molecule has 0 saturated carbocycles. The van der Waals surface area contributed by atoms with Crippen molar-refractivity contribution in [1.29, 1.82) is 0 Å². The predicted molar refractivity (Wildman–Crippen MR) is 58.1 cm³/mol. The standard InChI is InChI=1S/C10H19N3O2/c1-10(2,3)9(14)15-13-8(11)7-4-5-12-6-7/h7,12H,4-6H2,1-3H3,(H2,11,13). The van der Waals surface area contributed by atoms with Crippen LogP contribution in [0.4, 0.5) is 0 Å². The average Bonchev–Trinajstić information content (AvgIpc) is 2.64. The maximum Gasteiger partial charge on any atom is 0.340 e. The number of hydrogen-bond donors (Lipinski definition) is 2. The van der Waals surface area contributed by atoms with Gasteiger partial charge in [-0.25, -0.2) is 4.79 Å². The molecule has 0 aromatic carbocycles. The third-order valence-corrected chi connectivity index (χ3v) is 2.32. The summed E-state index contributed by atoms with van der Waals surface area (Å²) in [4.78, 5) is 16.2. The van der Waals surface area contributed by atoms with Crippen LogP contribution in [-0.4, -0.2) is 24.9 Å². The highest BCUT2D eigenvalue weighted by atomic mass is 16.7. The van der Waals surface area contributed by atoms with Crippen LogP contribution in [0.2, 0.25) is 0 Å². The van der Waals surface area contributed by atoms with Gasteiger partial charge in [-0.3, -0.25) is 0 Å². The molecule has 3 N–H and O–H groups in total. The molecule has 1 saturated heterocycles. The number of rotatable bonds is 2. The highest BCUT2D eigenvalue weighted by Crippen LogP contribution is 2.15. The molecule has 0 aromatic rings. The van der Waals surface area contributed by atoms with Gasteiger partial charge in [0.2, 0.25) is 0 Å². The first-order valence-corrected chi connectivity index (χ1v) is 5.17. The molecule has 5 nitrogen and oxygen atoms in total. The van der Waals surface area contributed by atoms with E-state index in [2.05, 4.69) is 10.5 Å². The van der Waals surface area contributed by atoms with Crippen LogP contribution in [0.1, 0.15) is 27.2 Å². The van der Waals surface area contributed by atoms with E-state index in [1.54, 1.807) is 20.8 Å². The first-order valence-electron chi connectivity index (χ1n) is 5.17. The maximum atomic E-state index is 11.4. The fraction of sp³-hybridized carbons (Fsp3) is 0.800. The Hall–Kier alpha value is -1.10. The summed E-state index contributed by atoms with van der Waals surface area (Å²) in [6, 6.07) is 0. The summed E-state index contributed by atoms with van der Waals surface area (Å²) in [5, 5.41) is 6.85. The average molecular weight is 213 g/mol. The highest BCUT2D eigenvalue weighted by molar-refractivity contribution is 5.84. The zero-order valence-electron chi connectivity index (χ0n) is 9.54. The topological polar surface area (TPSA) is 76.7 Å². The monoisotopic (exact) mass is 213 g/mol. The summed E-state index contributed by atoms with van der Waals surface area (Å²) >= 11 is 0. The molecule has 86 valence electrons. The first-order chi connectivity index (χ1) is 6.91.